The predicted octanol–water partition coefficient (Wildman–Crippen LogP) is 3.96. The van der Waals surface area contributed by atoms with Gasteiger partial charge in [-0.05, 0) is 49.6 Å². The maximum absolute atomic E-state index is 13.2. The number of carbonyl (C=O) groups excluding carboxylic acids is 2. The van der Waals surface area contributed by atoms with Crippen molar-refractivity contribution in [3.8, 4) is 5.75 Å². The van der Waals surface area contributed by atoms with Crippen molar-refractivity contribution in [2.24, 2.45) is 5.92 Å². The van der Waals surface area contributed by atoms with Crippen LogP contribution >= 0.6 is 0 Å². The lowest BCUT2D eigenvalue weighted by molar-refractivity contribution is -0.121. The number of imidazole rings is 1. The molecule has 1 aromatic heterocycles. The van der Waals surface area contributed by atoms with Gasteiger partial charge in [0.15, 0.2) is 5.69 Å². The van der Waals surface area contributed by atoms with Crippen LogP contribution in [0.25, 0.3) is 0 Å². The van der Waals surface area contributed by atoms with Crippen LogP contribution in [0.5, 0.6) is 5.75 Å². The molecule has 1 unspecified atom stereocenters. The standard InChI is InChI=1S/C27H30N4O4/c1-18-3-7-21(8-4-18)29-26(32)20-11-13-30(14-12-20)27(33)25-23-16-35-24(15-31(23)17-28-25)19-5-9-22(34-2)10-6-19/h3-10,17,20,24H,11-16H2,1-2H3,(H,29,32). The van der Waals surface area contributed by atoms with Gasteiger partial charge in [-0.15, -0.1) is 0 Å². The quantitative estimate of drug-likeness (QED) is 0.605. The molecule has 1 N–H and O–H groups in total. The summed E-state index contributed by atoms with van der Waals surface area (Å²) in [6.07, 6.45) is 2.89. The van der Waals surface area contributed by atoms with Gasteiger partial charge in [-0.1, -0.05) is 29.8 Å². The molecule has 1 atom stereocenters. The van der Waals surface area contributed by atoms with Crippen molar-refractivity contribution in [1.29, 1.82) is 0 Å². The number of amides is 2. The first-order valence-corrected chi connectivity index (χ1v) is 12.0. The van der Waals surface area contributed by atoms with Crippen LogP contribution in [0.2, 0.25) is 0 Å². The Kier molecular flexibility index (Phi) is 6.55. The van der Waals surface area contributed by atoms with E-state index in [2.05, 4.69) is 10.3 Å². The van der Waals surface area contributed by atoms with Gasteiger partial charge in [0.05, 0.1) is 32.3 Å². The monoisotopic (exact) mass is 474 g/mol. The third-order valence-electron chi connectivity index (χ3n) is 6.89. The molecule has 1 fully saturated rings. The van der Waals surface area contributed by atoms with Crippen LogP contribution in [0, 0.1) is 12.8 Å². The van der Waals surface area contributed by atoms with E-state index in [1.54, 1.807) is 18.3 Å². The fraction of sp³-hybridized carbons (Fsp3) is 0.370. The zero-order chi connectivity index (χ0) is 24.4. The van der Waals surface area contributed by atoms with E-state index in [4.69, 9.17) is 9.47 Å². The number of carbonyl (C=O) groups is 2. The van der Waals surface area contributed by atoms with E-state index in [-0.39, 0.29) is 23.8 Å². The molecule has 8 heteroatoms. The first kappa shape index (κ1) is 23.1. The van der Waals surface area contributed by atoms with Crippen molar-refractivity contribution in [2.75, 3.05) is 25.5 Å². The van der Waals surface area contributed by atoms with Gasteiger partial charge < -0.3 is 24.3 Å². The first-order chi connectivity index (χ1) is 17.0. The fourth-order valence-corrected chi connectivity index (χ4v) is 4.70. The second-order valence-corrected chi connectivity index (χ2v) is 9.19. The van der Waals surface area contributed by atoms with Crippen LogP contribution in [0.4, 0.5) is 5.69 Å². The molecule has 5 rings (SSSR count). The van der Waals surface area contributed by atoms with E-state index in [0.717, 1.165) is 28.3 Å². The summed E-state index contributed by atoms with van der Waals surface area (Å²) in [6, 6.07) is 15.6. The van der Waals surface area contributed by atoms with E-state index in [0.29, 0.717) is 44.8 Å². The topological polar surface area (TPSA) is 85.7 Å². The van der Waals surface area contributed by atoms with E-state index in [1.807, 2.05) is 60.0 Å². The van der Waals surface area contributed by atoms with Crippen LogP contribution in [-0.2, 0) is 22.7 Å². The van der Waals surface area contributed by atoms with Gasteiger partial charge >= 0.3 is 0 Å². The molecule has 0 spiro atoms. The van der Waals surface area contributed by atoms with E-state index in [1.165, 1.54) is 0 Å². The number of likely N-dealkylation sites (tertiary alicyclic amines) is 1. The normalized spacial score (nSPS) is 18.1. The number of ether oxygens (including phenoxy) is 2. The number of methoxy groups -OCH3 is 1. The molecule has 3 aromatic rings. The molecule has 8 nitrogen and oxygen atoms in total. The number of fused-ring (bicyclic) bond motifs is 1. The van der Waals surface area contributed by atoms with E-state index >= 15 is 0 Å². The molecule has 2 aromatic carbocycles. The Morgan fingerprint density at radius 1 is 1.06 bits per heavy atom. The van der Waals surface area contributed by atoms with Crippen molar-refractivity contribution in [3.63, 3.8) is 0 Å². The molecule has 3 heterocycles. The van der Waals surface area contributed by atoms with Crippen LogP contribution in [0.15, 0.2) is 54.9 Å². The SMILES string of the molecule is COc1ccc(C2Cn3cnc(C(=O)N4CCC(C(=O)Nc5ccc(C)cc5)CC4)c3CO2)cc1. The molecule has 35 heavy (non-hydrogen) atoms. The van der Waals surface area contributed by atoms with Crippen LogP contribution < -0.4 is 10.1 Å². The summed E-state index contributed by atoms with van der Waals surface area (Å²) in [5.41, 5.74) is 4.26. The number of aryl methyl sites for hydroxylation is 1. The van der Waals surface area contributed by atoms with Gasteiger partial charge in [0.2, 0.25) is 5.91 Å². The third kappa shape index (κ3) is 4.93. The zero-order valence-electron chi connectivity index (χ0n) is 20.1. The average Bonchev–Trinajstić information content (AvgIpc) is 3.33. The summed E-state index contributed by atoms with van der Waals surface area (Å²) in [6.45, 7) is 4.01. The minimum absolute atomic E-state index is 0.0123. The molecule has 182 valence electrons. The summed E-state index contributed by atoms with van der Waals surface area (Å²) >= 11 is 0. The fourth-order valence-electron chi connectivity index (χ4n) is 4.70. The number of nitrogens with zero attached hydrogens (tertiary/aromatic N) is 3. The Morgan fingerprint density at radius 3 is 2.46 bits per heavy atom. The van der Waals surface area contributed by atoms with Crippen LogP contribution in [-0.4, -0.2) is 46.5 Å². The van der Waals surface area contributed by atoms with Crippen molar-refractivity contribution in [1.82, 2.24) is 14.5 Å². The molecular weight excluding hydrogens is 444 g/mol. The summed E-state index contributed by atoms with van der Waals surface area (Å²) < 4.78 is 13.3. The average molecular weight is 475 g/mol. The van der Waals surface area contributed by atoms with Gasteiger partial charge in [-0.2, -0.15) is 0 Å². The molecule has 0 saturated carbocycles. The number of rotatable bonds is 5. The minimum atomic E-state index is -0.107. The van der Waals surface area contributed by atoms with Crippen molar-refractivity contribution in [3.05, 3.63) is 77.4 Å². The van der Waals surface area contributed by atoms with E-state index < -0.39 is 0 Å². The lowest BCUT2D eigenvalue weighted by atomic mass is 9.95. The number of piperidine rings is 1. The van der Waals surface area contributed by atoms with Gasteiger partial charge in [0, 0.05) is 24.7 Å². The lowest BCUT2D eigenvalue weighted by Crippen LogP contribution is -2.42. The Balaban J connectivity index is 1.18. The minimum Gasteiger partial charge on any atom is -0.497 e. The van der Waals surface area contributed by atoms with Gasteiger partial charge in [-0.3, -0.25) is 9.59 Å². The molecule has 2 amide bonds. The molecule has 2 aliphatic rings. The highest BCUT2D eigenvalue weighted by molar-refractivity contribution is 5.95. The summed E-state index contributed by atoms with van der Waals surface area (Å²) in [7, 11) is 1.64. The number of nitrogens with one attached hydrogen (secondary N) is 1. The summed E-state index contributed by atoms with van der Waals surface area (Å²) in [5.74, 6) is 0.614. The van der Waals surface area contributed by atoms with Gasteiger partial charge in [0.1, 0.15) is 11.9 Å². The van der Waals surface area contributed by atoms with Crippen LogP contribution in [0.3, 0.4) is 0 Å². The molecular formula is C27H30N4O4. The first-order valence-electron chi connectivity index (χ1n) is 12.0. The highest BCUT2D eigenvalue weighted by Gasteiger charge is 2.32. The second kappa shape index (κ2) is 9.92. The number of hydrogen-bond acceptors (Lipinski definition) is 5. The highest BCUT2D eigenvalue weighted by Crippen LogP contribution is 2.30. The van der Waals surface area contributed by atoms with Crippen LogP contribution in [0.1, 0.15) is 46.3 Å². The lowest BCUT2D eigenvalue weighted by Gasteiger charge is -2.31. The Labute approximate surface area is 204 Å². The third-order valence-corrected chi connectivity index (χ3v) is 6.89. The number of aromatic nitrogens is 2. The largest absolute Gasteiger partial charge is 0.497 e. The number of hydrogen-bond donors (Lipinski definition) is 1. The predicted molar refractivity (Wildman–Crippen MR) is 131 cm³/mol. The number of benzene rings is 2. The Bertz CT molecular complexity index is 1190. The molecule has 0 aliphatic carbocycles. The number of anilines is 1. The second-order valence-electron chi connectivity index (χ2n) is 9.19. The Hall–Kier alpha value is -3.65. The Morgan fingerprint density at radius 2 is 1.77 bits per heavy atom. The van der Waals surface area contributed by atoms with Crippen molar-refractivity contribution in [2.45, 2.75) is 39.0 Å². The maximum atomic E-state index is 13.2. The maximum Gasteiger partial charge on any atom is 0.274 e. The zero-order valence-corrected chi connectivity index (χ0v) is 20.1. The summed E-state index contributed by atoms with van der Waals surface area (Å²) in [5, 5.41) is 2.99. The molecule has 1 saturated heterocycles. The van der Waals surface area contributed by atoms with Gasteiger partial charge in [-0.25, -0.2) is 4.98 Å². The van der Waals surface area contributed by atoms with Crippen molar-refractivity contribution >= 4 is 17.5 Å². The van der Waals surface area contributed by atoms with E-state index in [9.17, 15) is 9.59 Å². The summed E-state index contributed by atoms with van der Waals surface area (Å²) in [4.78, 5) is 32.2. The molecule has 2 aliphatic heterocycles. The smallest absolute Gasteiger partial charge is 0.274 e. The van der Waals surface area contributed by atoms with Gasteiger partial charge in [0.25, 0.3) is 5.91 Å². The highest BCUT2D eigenvalue weighted by atomic mass is 16.5. The van der Waals surface area contributed by atoms with Crippen molar-refractivity contribution < 1.29 is 19.1 Å². The molecule has 0 bridgehead atoms. The molecule has 0 radical (unpaired) electrons.